The van der Waals surface area contributed by atoms with Crippen molar-refractivity contribution in [1.82, 2.24) is 24.9 Å². The van der Waals surface area contributed by atoms with Crippen LogP contribution in [0.1, 0.15) is 94.6 Å². The lowest BCUT2D eigenvalue weighted by Crippen LogP contribution is -2.46. The molecule has 0 spiro atoms. The van der Waals surface area contributed by atoms with E-state index in [0.717, 1.165) is 66.8 Å². The summed E-state index contributed by atoms with van der Waals surface area (Å²) in [4.78, 5) is 7.10. The second kappa shape index (κ2) is 12.9. The predicted octanol–water partition coefficient (Wildman–Crippen LogP) is 8.39. The number of fused-ring (bicyclic) bond motifs is 1. The average Bonchev–Trinajstić information content (AvgIpc) is 3.51. The summed E-state index contributed by atoms with van der Waals surface area (Å²) in [6.07, 6.45) is 11.6. The van der Waals surface area contributed by atoms with Gasteiger partial charge in [0.05, 0.1) is 40.1 Å². The van der Waals surface area contributed by atoms with Gasteiger partial charge in [-0.2, -0.15) is 5.26 Å². The number of nitrogens with one attached hydrogen (secondary N) is 2. The Balaban J connectivity index is 1.33. The zero-order valence-corrected chi connectivity index (χ0v) is 27.2. The summed E-state index contributed by atoms with van der Waals surface area (Å²) in [6.45, 7) is 8.89. The molecule has 8 nitrogen and oxygen atoms in total. The van der Waals surface area contributed by atoms with Crippen LogP contribution < -0.4 is 10.6 Å². The van der Waals surface area contributed by atoms with Crippen LogP contribution in [0.25, 0.3) is 10.9 Å². The number of rotatable bonds is 7. The van der Waals surface area contributed by atoms with E-state index in [2.05, 4.69) is 63.9 Å². The Labute approximate surface area is 269 Å². The molecule has 10 heteroatoms. The van der Waals surface area contributed by atoms with Gasteiger partial charge in [-0.25, -0.2) is 4.68 Å². The van der Waals surface area contributed by atoms with E-state index in [1.54, 1.807) is 6.20 Å². The van der Waals surface area contributed by atoms with Crippen molar-refractivity contribution >= 4 is 45.5 Å². The van der Waals surface area contributed by atoms with Gasteiger partial charge >= 0.3 is 0 Å². The minimum atomic E-state index is -0.300. The first-order chi connectivity index (χ1) is 21.2. The lowest BCUT2D eigenvalue weighted by Gasteiger charge is -2.40. The van der Waals surface area contributed by atoms with Crippen molar-refractivity contribution in [2.75, 3.05) is 23.7 Å². The van der Waals surface area contributed by atoms with Crippen LogP contribution in [-0.4, -0.2) is 49.5 Å². The highest BCUT2D eigenvalue weighted by atomic mass is 35.5. The maximum Gasteiger partial charge on any atom is 0.109 e. The summed E-state index contributed by atoms with van der Waals surface area (Å²) in [5, 5.41) is 28.6. The van der Waals surface area contributed by atoms with Gasteiger partial charge in [0.1, 0.15) is 11.8 Å². The molecule has 2 aromatic heterocycles. The quantitative estimate of drug-likeness (QED) is 0.212. The molecule has 0 unspecified atom stereocenters. The van der Waals surface area contributed by atoms with Gasteiger partial charge in [-0.3, -0.25) is 9.88 Å². The smallest absolute Gasteiger partial charge is 0.109 e. The maximum atomic E-state index is 9.97. The molecular formula is C34H40Cl2N8. The van der Waals surface area contributed by atoms with Crippen LogP contribution in [-0.2, 0) is 0 Å². The Kier molecular flexibility index (Phi) is 9.00. The third-order valence-corrected chi connectivity index (χ3v) is 9.66. The summed E-state index contributed by atoms with van der Waals surface area (Å²) in [5.74, 6) is 0. The first kappa shape index (κ1) is 30.6. The van der Waals surface area contributed by atoms with Crippen molar-refractivity contribution < 1.29 is 0 Å². The molecule has 44 heavy (non-hydrogen) atoms. The van der Waals surface area contributed by atoms with Crippen molar-refractivity contribution in [2.24, 2.45) is 0 Å². The number of anilines is 2. The molecule has 230 valence electrons. The van der Waals surface area contributed by atoms with Crippen LogP contribution in [0.5, 0.6) is 0 Å². The van der Waals surface area contributed by atoms with Crippen molar-refractivity contribution in [2.45, 2.75) is 89.4 Å². The van der Waals surface area contributed by atoms with Crippen LogP contribution in [0.4, 0.5) is 11.4 Å². The second-order valence-corrected chi connectivity index (χ2v) is 14.0. The number of pyridine rings is 1. The number of piperidine rings is 1. The normalized spacial score (nSPS) is 17.8. The Bertz CT molecular complexity index is 1640. The first-order valence-corrected chi connectivity index (χ1v) is 16.4. The van der Waals surface area contributed by atoms with Crippen LogP contribution in [0.15, 0.2) is 48.8 Å². The van der Waals surface area contributed by atoms with E-state index in [4.69, 9.17) is 23.2 Å². The Morgan fingerprint density at radius 1 is 1.00 bits per heavy atom. The number of halogens is 2. The lowest BCUT2D eigenvalue weighted by molar-refractivity contribution is 0.0866. The molecule has 2 aliphatic rings. The molecule has 1 aliphatic carbocycles. The molecule has 6 rings (SSSR count). The molecule has 0 radical (unpaired) electrons. The highest BCUT2D eigenvalue weighted by Crippen LogP contribution is 2.37. The Hall–Kier alpha value is -3.38. The van der Waals surface area contributed by atoms with Crippen LogP contribution in [0.2, 0.25) is 10.0 Å². The fraction of sp³-hybridized carbons (Fsp3) is 0.471. The summed E-state index contributed by atoms with van der Waals surface area (Å²) in [6, 6.07) is 14.4. The molecule has 0 amide bonds. The number of nitrogens with zero attached hydrogens (tertiary/aromatic N) is 6. The van der Waals surface area contributed by atoms with Crippen molar-refractivity contribution in [3.05, 3.63) is 75.7 Å². The summed E-state index contributed by atoms with van der Waals surface area (Å²) in [5.41, 5.74) is 4.77. The molecule has 2 aromatic carbocycles. The van der Waals surface area contributed by atoms with Gasteiger partial charge in [0.2, 0.25) is 0 Å². The molecule has 0 bridgehead atoms. The van der Waals surface area contributed by atoms with E-state index in [0.29, 0.717) is 33.2 Å². The first-order valence-electron chi connectivity index (χ1n) is 15.7. The van der Waals surface area contributed by atoms with Crippen molar-refractivity contribution in [3.63, 3.8) is 0 Å². The number of hydrogen-bond donors (Lipinski definition) is 2. The number of nitriles is 1. The van der Waals surface area contributed by atoms with Gasteiger partial charge in [0, 0.05) is 47.0 Å². The minimum absolute atomic E-state index is 0.165. The van der Waals surface area contributed by atoms with Gasteiger partial charge in [-0.05, 0) is 76.3 Å². The van der Waals surface area contributed by atoms with Gasteiger partial charge in [0.15, 0.2) is 0 Å². The monoisotopic (exact) mass is 630 g/mol. The van der Waals surface area contributed by atoms with Crippen molar-refractivity contribution in [1.29, 1.82) is 5.26 Å². The number of benzene rings is 2. The largest absolute Gasteiger partial charge is 0.381 e. The topological polar surface area (TPSA) is 94.7 Å². The minimum Gasteiger partial charge on any atom is -0.381 e. The van der Waals surface area contributed by atoms with E-state index >= 15 is 0 Å². The van der Waals surface area contributed by atoms with E-state index in [1.807, 2.05) is 41.1 Å². The Morgan fingerprint density at radius 3 is 2.41 bits per heavy atom. The number of hydrogen-bond acceptors (Lipinski definition) is 7. The Morgan fingerprint density at radius 2 is 1.73 bits per heavy atom. The predicted molar refractivity (Wildman–Crippen MR) is 179 cm³/mol. The highest BCUT2D eigenvalue weighted by molar-refractivity contribution is 6.36. The molecule has 1 atom stereocenters. The standard InChI is InChI=1S/C34H40Cl2N8/c1-34(2,3)43-15-13-27(14-16-43)44-21-30(41-42-44)32(22-9-11-24(35)12-10-22)40-26-17-28-31(39-25-7-5-4-6-8-25)23(19-37)20-38-33(28)29(36)18-26/h9-12,17-18,20-21,25,27,32,40H,4-8,13-16H2,1-3H3,(H,38,39)/t32-/m0/s1. The molecule has 1 aliphatic heterocycles. The molecule has 3 heterocycles. The van der Waals surface area contributed by atoms with E-state index in [-0.39, 0.29) is 11.6 Å². The maximum absolute atomic E-state index is 9.97. The van der Waals surface area contributed by atoms with E-state index in [9.17, 15) is 5.26 Å². The van der Waals surface area contributed by atoms with Crippen LogP contribution in [0.3, 0.4) is 0 Å². The summed E-state index contributed by atoms with van der Waals surface area (Å²) in [7, 11) is 0. The molecule has 4 aromatic rings. The van der Waals surface area contributed by atoms with E-state index in [1.165, 1.54) is 19.3 Å². The van der Waals surface area contributed by atoms with Crippen molar-refractivity contribution in [3.8, 4) is 6.07 Å². The zero-order valence-electron chi connectivity index (χ0n) is 25.7. The summed E-state index contributed by atoms with van der Waals surface area (Å²) >= 11 is 13.1. The molecule has 2 fully saturated rings. The average molecular weight is 632 g/mol. The SMILES string of the molecule is CC(C)(C)N1CCC(n2cc([C@@H](Nc3cc(Cl)c4ncc(C#N)c(NC5CCCCC5)c4c3)c3ccc(Cl)cc3)nn2)CC1. The zero-order chi connectivity index (χ0) is 30.8. The second-order valence-electron chi connectivity index (χ2n) is 13.1. The van der Waals surface area contributed by atoms with Gasteiger partial charge in [0.25, 0.3) is 0 Å². The van der Waals surface area contributed by atoms with Gasteiger partial charge in [-0.15, -0.1) is 5.10 Å². The van der Waals surface area contributed by atoms with Crippen LogP contribution in [0, 0.1) is 11.3 Å². The lowest BCUT2D eigenvalue weighted by atomic mass is 9.94. The molecular weight excluding hydrogens is 591 g/mol. The number of aromatic nitrogens is 4. The molecule has 1 saturated heterocycles. The number of likely N-dealkylation sites (tertiary alicyclic amines) is 1. The van der Waals surface area contributed by atoms with E-state index < -0.39 is 0 Å². The van der Waals surface area contributed by atoms with Gasteiger partial charge < -0.3 is 10.6 Å². The highest BCUT2D eigenvalue weighted by Gasteiger charge is 2.29. The molecule has 1 saturated carbocycles. The van der Waals surface area contributed by atoms with Crippen LogP contribution >= 0.6 is 23.2 Å². The fourth-order valence-corrected chi connectivity index (χ4v) is 6.98. The third kappa shape index (κ3) is 6.66. The molecule has 2 N–H and O–H groups in total. The fourth-order valence-electron chi connectivity index (χ4n) is 6.59. The third-order valence-electron chi connectivity index (χ3n) is 9.12. The summed E-state index contributed by atoms with van der Waals surface area (Å²) < 4.78 is 2.03. The van der Waals surface area contributed by atoms with Gasteiger partial charge in [-0.1, -0.05) is 59.8 Å².